The van der Waals surface area contributed by atoms with Crippen LogP contribution in [0.15, 0.2) is 53.6 Å². The molecule has 22 heavy (non-hydrogen) atoms. The van der Waals surface area contributed by atoms with E-state index < -0.39 is 0 Å². The molecule has 1 aliphatic heterocycles. The van der Waals surface area contributed by atoms with Gasteiger partial charge in [0.25, 0.3) is 5.91 Å². The average Bonchev–Trinajstić information content (AvgIpc) is 2.99. The standard InChI is InChI=1S/C16H13Cl2N3O/c17-13-7-6-12(10-14(13)18)21-9-8-15(20-21)19-16(22)11-4-2-1-3-5-11/h1-7,10H,8-9H2,(H,19,20,22). The van der Waals surface area contributed by atoms with Crippen molar-refractivity contribution in [1.29, 1.82) is 0 Å². The van der Waals surface area contributed by atoms with Crippen molar-refractivity contribution in [2.75, 3.05) is 11.6 Å². The van der Waals surface area contributed by atoms with Crippen molar-refractivity contribution in [1.82, 2.24) is 5.32 Å². The second-order valence-corrected chi connectivity index (χ2v) is 5.65. The molecule has 0 radical (unpaired) electrons. The van der Waals surface area contributed by atoms with Crippen LogP contribution in [0.5, 0.6) is 0 Å². The first-order chi connectivity index (χ1) is 10.6. The fraction of sp³-hybridized carbons (Fsp3) is 0.125. The van der Waals surface area contributed by atoms with Gasteiger partial charge in [-0.15, -0.1) is 0 Å². The normalized spacial score (nSPS) is 13.9. The molecule has 4 nitrogen and oxygen atoms in total. The van der Waals surface area contributed by atoms with Gasteiger partial charge in [-0.2, -0.15) is 5.10 Å². The fourth-order valence-corrected chi connectivity index (χ4v) is 2.46. The number of hydrazone groups is 1. The van der Waals surface area contributed by atoms with Gasteiger partial charge in [0.1, 0.15) is 5.84 Å². The number of anilines is 1. The Morgan fingerprint density at radius 1 is 1.09 bits per heavy atom. The van der Waals surface area contributed by atoms with Crippen LogP contribution in [0, 0.1) is 0 Å². The molecule has 1 amide bonds. The molecular weight excluding hydrogens is 321 g/mol. The zero-order valence-corrected chi connectivity index (χ0v) is 13.1. The number of hydrogen-bond acceptors (Lipinski definition) is 3. The summed E-state index contributed by atoms with van der Waals surface area (Å²) in [6.07, 6.45) is 0.665. The lowest BCUT2D eigenvalue weighted by atomic mass is 10.2. The maximum Gasteiger partial charge on any atom is 0.256 e. The van der Waals surface area contributed by atoms with Crippen molar-refractivity contribution in [3.63, 3.8) is 0 Å². The van der Waals surface area contributed by atoms with E-state index in [1.54, 1.807) is 29.3 Å². The minimum absolute atomic E-state index is 0.157. The molecular formula is C16H13Cl2N3O. The first-order valence-corrected chi connectivity index (χ1v) is 7.55. The smallest absolute Gasteiger partial charge is 0.256 e. The van der Waals surface area contributed by atoms with E-state index in [4.69, 9.17) is 23.2 Å². The Kier molecular flexibility index (Phi) is 4.32. The third-order valence-corrected chi connectivity index (χ3v) is 4.04. The maximum atomic E-state index is 12.1. The van der Waals surface area contributed by atoms with Crippen LogP contribution in [0.3, 0.4) is 0 Å². The number of hydrogen-bond donors (Lipinski definition) is 1. The molecule has 0 bridgehead atoms. The van der Waals surface area contributed by atoms with Gasteiger partial charge < -0.3 is 5.32 Å². The maximum absolute atomic E-state index is 12.1. The van der Waals surface area contributed by atoms with Gasteiger partial charge in [0.05, 0.1) is 15.7 Å². The Morgan fingerprint density at radius 2 is 1.86 bits per heavy atom. The summed E-state index contributed by atoms with van der Waals surface area (Å²) in [6.45, 7) is 0.683. The lowest BCUT2D eigenvalue weighted by molar-refractivity contribution is 0.0976. The van der Waals surface area contributed by atoms with Crippen molar-refractivity contribution >= 4 is 40.6 Å². The van der Waals surface area contributed by atoms with E-state index >= 15 is 0 Å². The number of amides is 1. The molecule has 0 spiro atoms. The third-order valence-electron chi connectivity index (χ3n) is 3.30. The van der Waals surface area contributed by atoms with Gasteiger partial charge in [-0.3, -0.25) is 9.80 Å². The second-order valence-electron chi connectivity index (χ2n) is 4.84. The van der Waals surface area contributed by atoms with Gasteiger partial charge in [-0.25, -0.2) is 0 Å². The summed E-state index contributed by atoms with van der Waals surface area (Å²) >= 11 is 11.9. The number of rotatable bonds is 2. The summed E-state index contributed by atoms with van der Waals surface area (Å²) in [5.41, 5.74) is 1.46. The van der Waals surface area contributed by atoms with Crippen LogP contribution in [-0.4, -0.2) is 18.3 Å². The zero-order chi connectivity index (χ0) is 15.5. The second kappa shape index (κ2) is 6.38. The number of carbonyl (C=O) groups excluding carboxylic acids is 1. The summed E-state index contributed by atoms with van der Waals surface area (Å²) in [4.78, 5) is 12.1. The molecule has 0 saturated heterocycles. The van der Waals surface area contributed by atoms with Crippen molar-refractivity contribution in [2.45, 2.75) is 6.42 Å². The number of nitrogens with zero attached hydrogens (tertiary/aromatic N) is 2. The van der Waals surface area contributed by atoms with E-state index in [0.717, 1.165) is 5.69 Å². The predicted octanol–water partition coefficient (Wildman–Crippen LogP) is 3.95. The molecule has 2 aromatic carbocycles. The quantitative estimate of drug-likeness (QED) is 0.904. The van der Waals surface area contributed by atoms with Gasteiger partial charge in [0.2, 0.25) is 0 Å². The first-order valence-electron chi connectivity index (χ1n) is 6.80. The van der Waals surface area contributed by atoms with E-state index in [9.17, 15) is 4.79 Å². The Bertz CT molecular complexity index is 731. The average molecular weight is 334 g/mol. The SMILES string of the molecule is O=C(NC1=NN(c2ccc(Cl)c(Cl)c2)CC1)c1ccccc1. The third kappa shape index (κ3) is 3.24. The topological polar surface area (TPSA) is 44.7 Å². The molecule has 0 aromatic heterocycles. The van der Waals surface area contributed by atoms with E-state index in [-0.39, 0.29) is 5.91 Å². The van der Waals surface area contributed by atoms with E-state index in [2.05, 4.69) is 10.4 Å². The van der Waals surface area contributed by atoms with E-state index in [0.29, 0.717) is 34.4 Å². The van der Waals surface area contributed by atoms with Crippen LogP contribution in [0.25, 0.3) is 0 Å². The van der Waals surface area contributed by atoms with Gasteiger partial charge in [-0.05, 0) is 30.3 Å². The van der Waals surface area contributed by atoms with E-state index in [1.807, 2.05) is 24.3 Å². The molecule has 0 atom stereocenters. The van der Waals surface area contributed by atoms with Gasteiger partial charge in [0, 0.05) is 18.5 Å². The summed E-state index contributed by atoms with van der Waals surface area (Å²) < 4.78 is 0. The molecule has 6 heteroatoms. The molecule has 0 saturated carbocycles. The van der Waals surface area contributed by atoms with Gasteiger partial charge >= 0.3 is 0 Å². The molecule has 3 rings (SSSR count). The summed E-state index contributed by atoms with van der Waals surface area (Å²) in [7, 11) is 0. The van der Waals surface area contributed by atoms with Crippen LogP contribution in [-0.2, 0) is 0 Å². The predicted molar refractivity (Wildman–Crippen MR) is 89.8 cm³/mol. The molecule has 0 unspecified atom stereocenters. The lowest BCUT2D eigenvalue weighted by Crippen LogP contribution is -2.29. The Morgan fingerprint density at radius 3 is 2.59 bits per heavy atom. The van der Waals surface area contributed by atoms with Crippen molar-refractivity contribution < 1.29 is 4.79 Å². The monoisotopic (exact) mass is 333 g/mol. The first kappa shape index (κ1) is 14.9. The highest BCUT2D eigenvalue weighted by molar-refractivity contribution is 6.42. The molecule has 2 aromatic rings. The number of halogens is 2. The summed E-state index contributed by atoms with van der Waals surface area (Å²) in [6, 6.07) is 14.4. The van der Waals surface area contributed by atoms with Crippen LogP contribution in [0.4, 0.5) is 5.69 Å². The molecule has 1 aliphatic rings. The molecule has 1 N–H and O–H groups in total. The minimum Gasteiger partial charge on any atom is -0.309 e. The van der Waals surface area contributed by atoms with Gasteiger partial charge in [-0.1, -0.05) is 41.4 Å². The minimum atomic E-state index is -0.157. The van der Waals surface area contributed by atoms with Gasteiger partial charge in [0.15, 0.2) is 0 Å². The molecule has 1 heterocycles. The molecule has 0 aliphatic carbocycles. The highest BCUT2D eigenvalue weighted by Crippen LogP contribution is 2.28. The summed E-state index contributed by atoms with van der Waals surface area (Å²) in [5, 5.41) is 10.0. The van der Waals surface area contributed by atoms with Crippen molar-refractivity contribution in [3.8, 4) is 0 Å². The molecule has 0 fully saturated rings. The number of benzene rings is 2. The van der Waals surface area contributed by atoms with Crippen molar-refractivity contribution in [2.24, 2.45) is 5.10 Å². The summed E-state index contributed by atoms with van der Waals surface area (Å²) in [5.74, 6) is 0.482. The van der Waals surface area contributed by atoms with Crippen LogP contribution >= 0.6 is 23.2 Å². The van der Waals surface area contributed by atoms with E-state index in [1.165, 1.54) is 0 Å². The van der Waals surface area contributed by atoms with Crippen molar-refractivity contribution in [3.05, 3.63) is 64.1 Å². The Hall–Kier alpha value is -2.04. The number of carbonyl (C=O) groups is 1. The van der Waals surface area contributed by atoms with Crippen LogP contribution < -0.4 is 10.3 Å². The lowest BCUT2D eigenvalue weighted by Gasteiger charge is -2.13. The number of nitrogens with one attached hydrogen (secondary N) is 1. The van der Waals surface area contributed by atoms with Crippen LogP contribution in [0.2, 0.25) is 10.0 Å². The highest BCUT2D eigenvalue weighted by atomic mass is 35.5. The fourth-order valence-electron chi connectivity index (χ4n) is 2.17. The largest absolute Gasteiger partial charge is 0.309 e. The highest BCUT2D eigenvalue weighted by Gasteiger charge is 2.18. The zero-order valence-electron chi connectivity index (χ0n) is 11.6. The number of amidine groups is 1. The van der Waals surface area contributed by atoms with Crippen LogP contribution in [0.1, 0.15) is 16.8 Å². The Balaban J connectivity index is 1.72. The Labute approximate surface area is 138 Å². The molecule has 112 valence electrons.